The average Bonchev–Trinajstić information content (AvgIpc) is 2.33. The Morgan fingerprint density at radius 3 is 2.63 bits per heavy atom. The molecular weight excluding hydrogens is 242 g/mol. The Morgan fingerprint density at radius 2 is 2.11 bits per heavy atom. The molecule has 2 rings (SSSR count). The SMILES string of the molecule is COC1CC(Nc2ccc(C(=O)N(C)C)cc2N)C1. The predicted molar refractivity (Wildman–Crippen MR) is 76.3 cm³/mol. The third-order valence-corrected chi connectivity index (χ3v) is 3.49. The van der Waals surface area contributed by atoms with Crippen LogP contribution in [-0.2, 0) is 4.74 Å². The molecule has 0 heterocycles. The van der Waals surface area contributed by atoms with Gasteiger partial charge in [-0.3, -0.25) is 4.79 Å². The fraction of sp³-hybridized carbons (Fsp3) is 0.500. The van der Waals surface area contributed by atoms with Crippen molar-refractivity contribution in [2.24, 2.45) is 0 Å². The van der Waals surface area contributed by atoms with Crippen molar-refractivity contribution < 1.29 is 9.53 Å². The molecule has 1 aromatic carbocycles. The zero-order valence-corrected chi connectivity index (χ0v) is 11.6. The molecule has 1 aromatic rings. The van der Waals surface area contributed by atoms with Crippen LogP contribution >= 0.6 is 0 Å². The lowest BCUT2D eigenvalue weighted by molar-refractivity contribution is 0.0329. The van der Waals surface area contributed by atoms with E-state index >= 15 is 0 Å². The van der Waals surface area contributed by atoms with Gasteiger partial charge in [-0.1, -0.05) is 0 Å². The second-order valence-corrected chi connectivity index (χ2v) is 5.17. The second kappa shape index (κ2) is 5.48. The zero-order chi connectivity index (χ0) is 14.0. The van der Waals surface area contributed by atoms with Crippen molar-refractivity contribution in [1.82, 2.24) is 4.90 Å². The third-order valence-electron chi connectivity index (χ3n) is 3.49. The summed E-state index contributed by atoms with van der Waals surface area (Å²) in [5.74, 6) is -0.0404. The molecule has 1 aliphatic carbocycles. The molecular formula is C14H21N3O2. The molecule has 0 saturated heterocycles. The van der Waals surface area contributed by atoms with E-state index in [9.17, 15) is 4.79 Å². The molecule has 0 spiro atoms. The number of benzene rings is 1. The van der Waals surface area contributed by atoms with Crippen LogP contribution in [0, 0.1) is 0 Å². The van der Waals surface area contributed by atoms with E-state index in [1.54, 1.807) is 33.3 Å². The number of hydrogen-bond acceptors (Lipinski definition) is 4. The van der Waals surface area contributed by atoms with Crippen LogP contribution in [0.4, 0.5) is 11.4 Å². The van der Waals surface area contributed by atoms with Crippen LogP contribution in [-0.4, -0.2) is 44.2 Å². The van der Waals surface area contributed by atoms with Crippen molar-refractivity contribution in [2.75, 3.05) is 32.3 Å². The van der Waals surface area contributed by atoms with Crippen LogP contribution in [0.2, 0.25) is 0 Å². The Labute approximate surface area is 113 Å². The summed E-state index contributed by atoms with van der Waals surface area (Å²) < 4.78 is 5.24. The molecule has 0 unspecified atom stereocenters. The molecule has 0 radical (unpaired) electrons. The summed E-state index contributed by atoms with van der Waals surface area (Å²) in [4.78, 5) is 13.4. The van der Waals surface area contributed by atoms with Crippen molar-refractivity contribution in [3.63, 3.8) is 0 Å². The summed E-state index contributed by atoms with van der Waals surface area (Å²) in [6, 6.07) is 5.79. The lowest BCUT2D eigenvalue weighted by Crippen LogP contribution is -2.40. The Bertz CT molecular complexity index is 468. The first-order valence-electron chi connectivity index (χ1n) is 6.41. The van der Waals surface area contributed by atoms with E-state index in [0.29, 0.717) is 23.4 Å². The topological polar surface area (TPSA) is 67.6 Å². The molecule has 104 valence electrons. The molecule has 1 fully saturated rings. The molecule has 0 atom stereocenters. The summed E-state index contributed by atoms with van der Waals surface area (Å²) in [6.07, 6.45) is 2.34. The maximum Gasteiger partial charge on any atom is 0.253 e. The smallest absolute Gasteiger partial charge is 0.253 e. The van der Waals surface area contributed by atoms with Gasteiger partial charge in [0.15, 0.2) is 0 Å². The number of ether oxygens (including phenoxy) is 1. The van der Waals surface area contributed by atoms with E-state index in [4.69, 9.17) is 10.5 Å². The predicted octanol–water partition coefficient (Wildman–Crippen LogP) is 1.56. The molecule has 3 N–H and O–H groups in total. The second-order valence-electron chi connectivity index (χ2n) is 5.17. The highest BCUT2D eigenvalue weighted by molar-refractivity contribution is 5.95. The van der Waals surface area contributed by atoms with E-state index in [2.05, 4.69) is 5.32 Å². The number of amides is 1. The Kier molecular flexibility index (Phi) is 3.95. The van der Waals surface area contributed by atoms with Crippen LogP contribution < -0.4 is 11.1 Å². The van der Waals surface area contributed by atoms with Crippen LogP contribution in [0.25, 0.3) is 0 Å². The number of methoxy groups -OCH3 is 1. The first kappa shape index (κ1) is 13.7. The molecule has 1 amide bonds. The summed E-state index contributed by atoms with van der Waals surface area (Å²) in [5.41, 5.74) is 8.09. The molecule has 1 saturated carbocycles. The summed E-state index contributed by atoms with van der Waals surface area (Å²) in [6.45, 7) is 0. The van der Waals surface area contributed by atoms with Crippen LogP contribution in [0.3, 0.4) is 0 Å². The zero-order valence-electron chi connectivity index (χ0n) is 11.6. The standard InChI is InChI=1S/C14H21N3O2/c1-17(2)14(18)9-4-5-13(12(15)6-9)16-10-7-11(8-10)19-3/h4-6,10-11,16H,7-8,15H2,1-3H3. The van der Waals surface area contributed by atoms with E-state index in [-0.39, 0.29) is 5.91 Å². The van der Waals surface area contributed by atoms with Gasteiger partial charge in [0, 0.05) is 32.8 Å². The summed E-state index contributed by atoms with van der Waals surface area (Å²) >= 11 is 0. The minimum absolute atomic E-state index is 0.0404. The van der Waals surface area contributed by atoms with Crippen molar-refractivity contribution in [2.45, 2.75) is 25.0 Å². The fourth-order valence-corrected chi connectivity index (χ4v) is 2.18. The number of nitrogen functional groups attached to an aromatic ring is 1. The highest BCUT2D eigenvalue weighted by Gasteiger charge is 2.29. The minimum atomic E-state index is -0.0404. The lowest BCUT2D eigenvalue weighted by atomic mass is 9.89. The monoisotopic (exact) mass is 263 g/mol. The van der Waals surface area contributed by atoms with Crippen molar-refractivity contribution >= 4 is 17.3 Å². The van der Waals surface area contributed by atoms with E-state index in [1.165, 1.54) is 4.90 Å². The number of anilines is 2. The van der Waals surface area contributed by atoms with E-state index in [1.807, 2.05) is 6.07 Å². The molecule has 1 aliphatic rings. The summed E-state index contributed by atoms with van der Waals surface area (Å²) in [5, 5.41) is 3.38. The maximum absolute atomic E-state index is 11.8. The lowest BCUT2D eigenvalue weighted by Gasteiger charge is -2.35. The number of nitrogens with two attached hydrogens (primary N) is 1. The molecule has 5 nitrogen and oxygen atoms in total. The molecule has 19 heavy (non-hydrogen) atoms. The number of carbonyl (C=O) groups is 1. The van der Waals surface area contributed by atoms with Gasteiger partial charge in [-0.05, 0) is 31.0 Å². The highest BCUT2D eigenvalue weighted by atomic mass is 16.5. The summed E-state index contributed by atoms with van der Waals surface area (Å²) in [7, 11) is 5.19. The largest absolute Gasteiger partial charge is 0.397 e. The van der Waals surface area contributed by atoms with Gasteiger partial charge in [-0.15, -0.1) is 0 Å². The third kappa shape index (κ3) is 2.98. The number of nitrogens with one attached hydrogen (secondary N) is 1. The highest BCUT2D eigenvalue weighted by Crippen LogP contribution is 2.29. The van der Waals surface area contributed by atoms with Crippen LogP contribution in [0.5, 0.6) is 0 Å². The van der Waals surface area contributed by atoms with Gasteiger partial charge < -0.3 is 20.7 Å². The number of hydrogen-bond donors (Lipinski definition) is 2. The van der Waals surface area contributed by atoms with Gasteiger partial charge in [-0.25, -0.2) is 0 Å². The van der Waals surface area contributed by atoms with Crippen molar-refractivity contribution in [1.29, 1.82) is 0 Å². The van der Waals surface area contributed by atoms with Gasteiger partial charge >= 0.3 is 0 Å². The molecule has 0 aliphatic heterocycles. The normalized spacial score (nSPS) is 21.6. The molecule has 0 aromatic heterocycles. The van der Waals surface area contributed by atoms with E-state index < -0.39 is 0 Å². The molecule has 5 heteroatoms. The average molecular weight is 263 g/mol. The first-order valence-corrected chi connectivity index (χ1v) is 6.41. The van der Waals surface area contributed by atoms with Gasteiger partial charge in [-0.2, -0.15) is 0 Å². The molecule has 0 bridgehead atoms. The Balaban J connectivity index is 2.02. The van der Waals surface area contributed by atoms with Gasteiger partial charge in [0.05, 0.1) is 17.5 Å². The van der Waals surface area contributed by atoms with Crippen LogP contribution in [0.15, 0.2) is 18.2 Å². The number of nitrogens with zero attached hydrogens (tertiary/aromatic N) is 1. The number of rotatable bonds is 4. The van der Waals surface area contributed by atoms with Crippen LogP contribution in [0.1, 0.15) is 23.2 Å². The van der Waals surface area contributed by atoms with Crippen molar-refractivity contribution in [3.8, 4) is 0 Å². The first-order chi connectivity index (χ1) is 9.01. The van der Waals surface area contributed by atoms with Gasteiger partial charge in [0.25, 0.3) is 5.91 Å². The maximum atomic E-state index is 11.8. The fourth-order valence-electron chi connectivity index (χ4n) is 2.18. The quantitative estimate of drug-likeness (QED) is 0.809. The van der Waals surface area contributed by atoms with Crippen molar-refractivity contribution in [3.05, 3.63) is 23.8 Å². The Hall–Kier alpha value is -1.75. The van der Waals surface area contributed by atoms with Gasteiger partial charge in [0.2, 0.25) is 0 Å². The van der Waals surface area contributed by atoms with Gasteiger partial charge in [0.1, 0.15) is 0 Å². The number of carbonyl (C=O) groups excluding carboxylic acids is 1. The minimum Gasteiger partial charge on any atom is -0.397 e. The van der Waals surface area contributed by atoms with E-state index in [0.717, 1.165) is 18.5 Å². The Morgan fingerprint density at radius 1 is 1.42 bits per heavy atom.